The van der Waals surface area contributed by atoms with Gasteiger partial charge in [-0.05, 0) is 18.2 Å². The van der Waals surface area contributed by atoms with Crippen LogP contribution in [0.1, 0.15) is 5.82 Å². The van der Waals surface area contributed by atoms with Crippen LogP contribution in [0.15, 0.2) is 41.3 Å². The van der Waals surface area contributed by atoms with Gasteiger partial charge in [-0.25, -0.2) is 15.0 Å². The highest BCUT2D eigenvalue weighted by Gasteiger charge is 2.02. The number of nitrogens with two attached hydrogens (primary N) is 1. The number of aromatic nitrogens is 3. The average Bonchev–Trinajstić information content (AvgIpc) is 2.86. The molecule has 0 aliphatic carbocycles. The second kappa shape index (κ2) is 4.42. The van der Waals surface area contributed by atoms with E-state index in [4.69, 9.17) is 10.2 Å². The first kappa shape index (κ1) is 10.7. The molecule has 0 fully saturated rings. The molecule has 0 radical (unpaired) electrons. The molecule has 0 aliphatic rings. The summed E-state index contributed by atoms with van der Waals surface area (Å²) < 4.78 is 5.24. The first-order chi connectivity index (χ1) is 8.85. The summed E-state index contributed by atoms with van der Waals surface area (Å²) in [5, 5.41) is 3.17. The Morgan fingerprint density at radius 2 is 2.17 bits per heavy atom. The molecule has 0 atom stereocenters. The summed E-state index contributed by atoms with van der Waals surface area (Å²) in [6, 6.07) is 7.44. The van der Waals surface area contributed by atoms with Gasteiger partial charge in [-0.3, -0.25) is 0 Å². The molecule has 0 bridgehead atoms. The van der Waals surface area contributed by atoms with E-state index in [1.54, 1.807) is 12.3 Å². The Labute approximate surface area is 103 Å². The first-order valence-electron chi connectivity index (χ1n) is 5.47. The van der Waals surface area contributed by atoms with Crippen LogP contribution in [0.4, 0.5) is 11.5 Å². The van der Waals surface area contributed by atoms with Crippen molar-refractivity contribution in [3.8, 4) is 0 Å². The lowest BCUT2D eigenvalue weighted by Gasteiger charge is -2.05. The SMILES string of the molecule is NCc1nccc(Nc2ccc3ncoc3c2)n1. The van der Waals surface area contributed by atoms with Crippen molar-refractivity contribution in [2.75, 3.05) is 5.32 Å². The van der Waals surface area contributed by atoms with E-state index < -0.39 is 0 Å². The van der Waals surface area contributed by atoms with Gasteiger partial charge in [0.1, 0.15) is 17.2 Å². The molecule has 18 heavy (non-hydrogen) atoms. The standard InChI is InChI=1S/C12H11N5O/c13-6-12-14-4-3-11(17-12)16-8-1-2-9-10(5-8)18-7-15-9/h1-5,7H,6,13H2,(H,14,16,17). The Bertz CT molecular complexity index is 679. The fraction of sp³-hybridized carbons (Fsp3) is 0.0833. The monoisotopic (exact) mass is 241 g/mol. The molecule has 2 heterocycles. The van der Waals surface area contributed by atoms with Crippen LogP contribution in [0.25, 0.3) is 11.1 Å². The quantitative estimate of drug-likeness (QED) is 0.727. The second-order valence-electron chi connectivity index (χ2n) is 3.72. The fourth-order valence-electron chi connectivity index (χ4n) is 1.65. The predicted molar refractivity (Wildman–Crippen MR) is 67.2 cm³/mol. The molecule has 3 aromatic rings. The summed E-state index contributed by atoms with van der Waals surface area (Å²) in [5.74, 6) is 1.30. The Morgan fingerprint density at radius 1 is 1.22 bits per heavy atom. The van der Waals surface area contributed by atoms with Crippen molar-refractivity contribution < 1.29 is 4.42 Å². The molecule has 0 saturated carbocycles. The van der Waals surface area contributed by atoms with E-state index in [0.29, 0.717) is 18.2 Å². The molecule has 6 heteroatoms. The second-order valence-corrected chi connectivity index (χ2v) is 3.72. The Morgan fingerprint density at radius 3 is 3.06 bits per heavy atom. The number of hydrogen-bond donors (Lipinski definition) is 2. The fourth-order valence-corrected chi connectivity index (χ4v) is 1.65. The molecule has 0 spiro atoms. The number of nitrogens with one attached hydrogen (secondary N) is 1. The third-order valence-electron chi connectivity index (χ3n) is 2.49. The van der Waals surface area contributed by atoms with Gasteiger partial charge >= 0.3 is 0 Å². The van der Waals surface area contributed by atoms with Gasteiger partial charge in [0.25, 0.3) is 0 Å². The highest BCUT2D eigenvalue weighted by molar-refractivity contribution is 5.77. The Kier molecular flexibility index (Phi) is 2.62. The van der Waals surface area contributed by atoms with Crippen LogP contribution in [0.2, 0.25) is 0 Å². The number of anilines is 2. The number of fused-ring (bicyclic) bond motifs is 1. The van der Waals surface area contributed by atoms with Crippen molar-refractivity contribution in [3.05, 3.63) is 42.7 Å². The van der Waals surface area contributed by atoms with Crippen LogP contribution < -0.4 is 11.1 Å². The lowest BCUT2D eigenvalue weighted by molar-refractivity contribution is 0.602. The highest BCUT2D eigenvalue weighted by Crippen LogP contribution is 2.20. The summed E-state index contributed by atoms with van der Waals surface area (Å²) in [6.07, 6.45) is 3.09. The van der Waals surface area contributed by atoms with Gasteiger partial charge in [0.2, 0.25) is 0 Å². The molecule has 0 aliphatic heterocycles. The van der Waals surface area contributed by atoms with Crippen LogP contribution in [-0.2, 0) is 6.54 Å². The third-order valence-corrected chi connectivity index (χ3v) is 2.49. The predicted octanol–water partition coefficient (Wildman–Crippen LogP) is 1.82. The zero-order valence-electron chi connectivity index (χ0n) is 9.50. The van der Waals surface area contributed by atoms with Gasteiger partial charge in [-0.15, -0.1) is 0 Å². The highest BCUT2D eigenvalue weighted by atomic mass is 16.3. The number of nitrogens with zero attached hydrogens (tertiary/aromatic N) is 3. The van der Waals surface area contributed by atoms with Crippen molar-refractivity contribution in [1.29, 1.82) is 0 Å². The zero-order chi connectivity index (χ0) is 12.4. The van der Waals surface area contributed by atoms with Crippen LogP contribution >= 0.6 is 0 Å². The van der Waals surface area contributed by atoms with Crippen LogP contribution in [0, 0.1) is 0 Å². The van der Waals surface area contributed by atoms with Gasteiger partial charge in [-0.1, -0.05) is 0 Å². The number of oxazole rings is 1. The molecular weight excluding hydrogens is 230 g/mol. The van der Waals surface area contributed by atoms with E-state index in [1.807, 2.05) is 18.2 Å². The van der Waals surface area contributed by atoms with E-state index in [1.165, 1.54) is 6.39 Å². The largest absolute Gasteiger partial charge is 0.443 e. The Hall–Kier alpha value is -2.47. The summed E-state index contributed by atoms with van der Waals surface area (Å²) >= 11 is 0. The molecule has 6 nitrogen and oxygen atoms in total. The Balaban J connectivity index is 1.90. The number of rotatable bonds is 3. The molecule has 0 amide bonds. The molecule has 0 unspecified atom stereocenters. The summed E-state index contributed by atoms with van der Waals surface area (Å²) in [5.41, 5.74) is 7.93. The zero-order valence-corrected chi connectivity index (χ0v) is 9.50. The van der Waals surface area contributed by atoms with Crippen LogP contribution in [-0.4, -0.2) is 15.0 Å². The summed E-state index contributed by atoms with van der Waals surface area (Å²) in [4.78, 5) is 12.4. The minimum Gasteiger partial charge on any atom is -0.443 e. The third kappa shape index (κ3) is 2.01. The maximum absolute atomic E-state index is 5.50. The van der Waals surface area contributed by atoms with Crippen molar-refractivity contribution >= 4 is 22.6 Å². The van der Waals surface area contributed by atoms with Crippen molar-refractivity contribution in [1.82, 2.24) is 15.0 Å². The van der Waals surface area contributed by atoms with E-state index in [2.05, 4.69) is 20.3 Å². The topological polar surface area (TPSA) is 89.9 Å². The lowest BCUT2D eigenvalue weighted by Crippen LogP contribution is -2.04. The maximum Gasteiger partial charge on any atom is 0.181 e. The van der Waals surface area contributed by atoms with Crippen molar-refractivity contribution in [2.45, 2.75) is 6.54 Å². The van der Waals surface area contributed by atoms with Crippen LogP contribution in [0.3, 0.4) is 0 Å². The number of hydrogen-bond acceptors (Lipinski definition) is 6. The van der Waals surface area contributed by atoms with E-state index >= 15 is 0 Å². The first-order valence-corrected chi connectivity index (χ1v) is 5.47. The normalized spacial score (nSPS) is 10.7. The molecule has 2 aromatic heterocycles. The minimum absolute atomic E-state index is 0.316. The molecule has 3 N–H and O–H groups in total. The minimum atomic E-state index is 0.316. The molecule has 90 valence electrons. The molecule has 3 rings (SSSR count). The van der Waals surface area contributed by atoms with Gasteiger partial charge in [0.15, 0.2) is 12.0 Å². The molecule has 1 aromatic carbocycles. The smallest absolute Gasteiger partial charge is 0.181 e. The van der Waals surface area contributed by atoms with E-state index in [0.717, 1.165) is 16.8 Å². The van der Waals surface area contributed by atoms with Gasteiger partial charge in [0, 0.05) is 18.0 Å². The van der Waals surface area contributed by atoms with Crippen molar-refractivity contribution in [3.63, 3.8) is 0 Å². The summed E-state index contributed by atoms with van der Waals surface area (Å²) in [6.45, 7) is 0.316. The number of benzene rings is 1. The van der Waals surface area contributed by atoms with Gasteiger partial charge in [-0.2, -0.15) is 0 Å². The van der Waals surface area contributed by atoms with E-state index in [9.17, 15) is 0 Å². The molecule has 0 saturated heterocycles. The summed E-state index contributed by atoms with van der Waals surface area (Å²) in [7, 11) is 0. The van der Waals surface area contributed by atoms with E-state index in [-0.39, 0.29) is 0 Å². The van der Waals surface area contributed by atoms with Crippen LogP contribution in [0.5, 0.6) is 0 Å². The van der Waals surface area contributed by atoms with Gasteiger partial charge < -0.3 is 15.5 Å². The lowest BCUT2D eigenvalue weighted by atomic mass is 10.3. The molecular formula is C12H11N5O. The average molecular weight is 241 g/mol. The maximum atomic E-state index is 5.50. The van der Waals surface area contributed by atoms with Gasteiger partial charge in [0.05, 0.1) is 6.54 Å². The van der Waals surface area contributed by atoms with Crippen molar-refractivity contribution in [2.24, 2.45) is 5.73 Å².